The fourth-order valence-corrected chi connectivity index (χ4v) is 3.64. The molecular weight excluding hydrogens is 385 g/mol. The first-order valence-corrected chi connectivity index (χ1v) is 9.16. The Bertz CT molecular complexity index is 589. The monoisotopic (exact) mass is 411 g/mol. The molecular formula is C19H26INO. The van der Waals surface area contributed by atoms with Gasteiger partial charge in [-0.3, -0.25) is 4.79 Å². The van der Waals surface area contributed by atoms with Crippen molar-refractivity contribution in [2.75, 3.05) is 5.32 Å². The van der Waals surface area contributed by atoms with Crippen LogP contribution in [0.1, 0.15) is 52.0 Å². The van der Waals surface area contributed by atoms with Crippen LogP contribution in [0.3, 0.4) is 0 Å². The molecule has 22 heavy (non-hydrogen) atoms. The second kappa shape index (κ2) is 7.16. The zero-order chi connectivity index (χ0) is 16.3. The van der Waals surface area contributed by atoms with E-state index in [1.165, 1.54) is 9.13 Å². The van der Waals surface area contributed by atoms with Crippen LogP contribution >= 0.6 is 22.6 Å². The normalized spacial score (nSPS) is 21.2. The fourth-order valence-electron chi connectivity index (χ4n) is 3.00. The summed E-state index contributed by atoms with van der Waals surface area (Å²) in [6.07, 6.45) is 5.71. The predicted molar refractivity (Wildman–Crippen MR) is 102 cm³/mol. The van der Waals surface area contributed by atoms with Gasteiger partial charge in [-0.15, -0.1) is 0 Å². The van der Waals surface area contributed by atoms with Crippen molar-refractivity contribution in [1.29, 1.82) is 0 Å². The molecule has 0 saturated heterocycles. The van der Waals surface area contributed by atoms with Crippen molar-refractivity contribution >= 4 is 34.1 Å². The topological polar surface area (TPSA) is 29.1 Å². The minimum absolute atomic E-state index is 0.304. The van der Waals surface area contributed by atoms with E-state index in [-0.39, 0.29) is 0 Å². The zero-order valence-corrected chi connectivity index (χ0v) is 16.2. The Labute approximate surface area is 147 Å². The Morgan fingerprint density at radius 1 is 1.41 bits per heavy atom. The van der Waals surface area contributed by atoms with Crippen LogP contribution in [-0.2, 0) is 4.79 Å². The van der Waals surface area contributed by atoms with Crippen molar-refractivity contribution in [2.45, 2.75) is 53.4 Å². The highest BCUT2D eigenvalue weighted by Gasteiger charge is 2.33. The van der Waals surface area contributed by atoms with Gasteiger partial charge in [0.2, 0.25) is 0 Å². The fraction of sp³-hybridized carbons (Fsp3) is 0.526. The number of rotatable bonds is 4. The Morgan fingerprint density at radius 2 is 2.14 bits per heavy atom. The largest absolute Gasteiger partial charge is 0.361 e. The molecule has 2 rings (SSSR count). The second-order valence-corrected chi connectivity index (χ2v) is 8.22. The van der Waals surface area contributed by atoms with E-state index in [1.807, 2.05) is 6.20 Å². The molecule has 1 fully saturated rings. The van der Waals surface area contributed by atoms with Crippen LogP contribution in [0.4, 0.5) is 5.69 Å². The van der Waals surface area contributed by atoms with Gasteiger partial charge in [0.1, 0.15) is 0 Å². The van der Waals surface area contributed by atoms with Crippen LogP contribution in [0.2, 0.25) is 0 Å². The van der Waals surface area contributed by atoms with Gasteiger partial charge in [-0.25, -0.2) is 0 Å². The van der Waals surface area contributed by atoms with Crippen LogP contribution in [-0.4, -0.2) is 5.78 Å². The number of ketones is 1. The lowest BCUT2D eigenvalue weighted by atomic mass is 9.68. The smallest absolute Gasteiger partial charge is 0.160 e. The summed E-state index contributed by atoms with van der Waals surface area (Å²) in [5, 5.41) is 3.34. The second-order valence-electron chi connectivity index (χ2n) is 6.98. The summed E-state index contributed by atoms with van der Waals surface area (Å²) < 4.78 is 1.23. The van der Waals surface area contributed by atoms with E-state index in [9.17, 15) is 4.79 Å². The van der Waals surface area contributed by atoms with Crippen LogP contribution in [0.5, 0.6) is 0 Å². The molecule has 1 aromatic carbocycles. The van der Waals surface area contributed by atoms with Crippen LogP contribution in [0.25, 0.3) is 0 Å². The molecule has 1 saturated carbocycles. The average molecular weight is 411 g/mol. The molecule has 0 heterocycles. The third kappa shape index (κ3) is 4.12. The van der Waals surface area contributed by atoms with Crippen molar-refractivity contribution in [3.63, 3.8) is 0 Å². The summed E-state index contributed by atoms with van der Waals surface area (Å²) in [6, 6.07) is 6.31. The molecule has 0 spiro atoms. The van der Waals surface area contributed by atoms with Gasteiger partial charge < -0.3 is 5.32 Å². The number of nitrogens with one attached hydrogen (secondary N) is 1. The van der Waals surface area contributed by atoms with Crippen molar-refractivity contribution in [3.8, 4) is 0 Å². The summed E-state index contributed by atoms with van der Waals surface area (Å²) in [7, 11) is 0. The number of halogens is 1. The van der Waals surface area contributed by atoms with Gasteiger partial charge >= 0.3 is 0 Å². The predicted octanol–water partition coefficient (Wildman–Crippen LogP) is 5.70. The van der Waals surface area contributed by atoms with E-state index in [0.717, 1.165) is 30.5 Å². The first-order valence-electron chi connectivity index (χ1n) is 8.08. The van der Waals surface area contributed by atoms with Crippen LogP contribution in [0, 0.1) is 21.8 Å². The third-order valence-corrected chi connectivity index (χ3v) is 5.82. The Balaban J connectivity index is 2.13. The molecule has 0 aromatic heterocycles. The molecule has 0 aliphatic heterocycles. The van der Waals surface area contributed by atoms with Gasteiger partial charge in [-0.05, 0) is 77.5 Å². The van der Waals surface area contributed by atoms with E-state index in [4.69, 9.17) is 0 Å². The van der Waals surface area contributed by atoms with Gasteiger partial charge in [0, 0.05) is 27.5 Å². The van der Waals surface area contributed by atoms with E-state index in [0.29, 0.717) is 23.5 Å². The Morgan fingerprint density at radius 3 is 2.77 bits per heavy atom. The van der Waals surface area contributed by atoms with Gasteiger partial charge in [0.15, 0.2) is 5.78 Å². The summed E-state index contributed by atoms with van der Waals surface area (Å²) in [4.78, 5) is 12.2. The number of Topliss-reactive ketones (excluding diaryl/α,β-unsaturated/α-hetero) is 1. The third-order valence-electron chi connectivity index (χ3n) is 5.15. The van der Waals surface area contributed by atoms with E-state index >= 15 is 0 Å². The number of carbonyl (C=O) groups excluding carboxylic acids is 1. The number of allylic oxidation sites excluding steroid dienone is 1. The highest BCUT2D eigenvalue weighted by atomic mass is 127. The van der Waals surface area contributed by atoms with Gasteiger partial charge in [0.05, 0.1) is 0 Å². The summed E-state index contributed by atoms with van der Waals surface area (Å²) in [5.41, 5.74) is 3.55. The molecule has 1 atom stereocenters. The number of aryl methyl sites for hydroxylation is 1. The maximum Gasteiger partial charge on any atom is 0.160 e. The van der Waals surface area contributed by atoms with E-state index in [1.54, 1.807) is 0 Å². The van der Waals surface area contributed by atoms with Crippen LogP contribution < -0.4 is 5.32 Å². The molecule has 1 N–H and O–H groups in total. The number of hydrogen-bond donors (Lipinski definition) is 1. The quantitative estimate of drug-likeness (QED) is 0.509. The minimum atomic E-state index is 0.304. The molecule has 0 bridgehead atoms. The first kappa shape index (κ1) is 17.5. The number of anilines is 1. The van der Waals surface area contributed by atoms with Crippen molar-refractivity contribution in [1.82, 2.24) is 0 Å². The lowest BCUT2D eigenvalue weighted by molar-refractivity contribution is -0.117. The first-order chi connectivity index (χ1) is 10.3. The molecule has 0 amide bonds. The van der Waals surface area contributed by atoms with Crippen molar-refractivity contribution < 1.29 is 4.79 Å². The molecule has 2 nitrogen and oxygen atoms in total. The summed E-state index contributed by atoms with van der Waals surface area (Å²) >= 11 is 2.32. The molecule has 0 unspecified atom stereocenters. The van der Waals surface area contributed by atoms with E-state index in [2.05, 4.69) is 73.8 Å². The van der Waals surface area contributed by atoms with E-state index < -0.39 is 0 Å². The van der Waals surface area contributed by atoms with Gasteiger partial charge in [0.25, 0.3) is 0 Å². The number of benzene rings is 1. The lowest BCUT2D eigenvalue weighted by Crippen LogP contribution is -2.29. The minimum Gasteiger partial charge on any atom is -0.361 e. The summed E-state index contributed by atoms with van der Waals surface area (Å²) in [6.45, 7) is 8.98. The maximum absolute atomic E-state index is 12.2. The molecule has 0 radical (unpaired) electrons. The van der Waals surface area contributed by atoms with Gasteiger partial charge in [-0.1, -0.05) is 27.2 Å². The van der Waals surface area contributed by atoms with Crippen molar-refractivity contribution in [2.24, 2.45) is 11.3 Å². The summed E-state index contributed by atoms with van der Waals surface area (Å²) in [5.74, 6) is 0.903. The average Bonchev–Trinajstić information content (AvgIpc) is 2.47. The standard InChI is InChI=1S/C19H26INO/c1-5-19(3,4)15-6-9-18(22)14(11-15)12-21-17-8-7-16(20)10-13(17)2/h7-8,10,12,15,21H,5-6,9,11H2,1-4H3/b14-12+/t15-/m1/s1. The highest BCUT2D eigenvalue weighted by molar-refractivity contribution is 14.1. The Kier molecular flexibility index (Phi) is 5.70. The number of carbonyl (C=O) groups is 1. The van der Waals surface area contributed by atoms with Crippen LogP contribution in [0.15, 0.2) is 30.0 Å². The zero-order valence-electron chi connectivity index (χ0n) is 14.0. The van der Waals surface area contributed by atoms with Gasteiger partial charge in [-0.2, -0.15) is 0 Å². The molecule has 1 aliphatic carbocycles. The molecule has 3 heteroatoms. The Hall–Kier alpha value is -0.840. The lowest BCUT2D eigenvalue weighted by Gasteiger charge is -2.36. The molecule has 1 aliphatic rings. The van der Waals surface area contributed by atoms with Crippen molar-refractivity contribution in [3.05, 3.63) is 39.1 Å². The molecule has 120 valence electrons. The number of hydrogen-bond acceptors (Lipinski definition) is 2. The molecule has 1 aromatic rings. The SMILES string of the molecule is CCC(C)(C)[C@@H]1CCC(=O)/C(=C/Nc2ccc(I)cc2C)C1. The highest BCUT2D eigenvalue weighted by Crippen LogP contribution is 2.41. The maximum atomic E-state index is 12.2.